The number of carbonyl (C=O) groups is 3. The Bertz CT molecular complexity index is 671. The molecule has 1 atom stereocenters. The Morgan fingerprint density at radius 1 is 1.10 bits per heavy atom. The number of morpholine rings is 1. The van der Waals surface area contributed by atoms with Gasteiger partial charge in [-0.1, -0.05) is 30.3 Å². The van der Waals surface area contributed by atoms with Crippen LogP contribution >= 0.6 is 0 Å². The number of carboxylic acid groups (broad SMARTS) is 1. The van der Waals surface area contributed by atoms with E-state index in [1.165, 1.54) is 0 Å². The molecule has 0 aliphatic carbocycles. The fraction of sp³-hybridized carbons (Fsp3) is 0.591. The fourth-order valence-electron chi connectivity index (χ4n) is 3.65. The summed E-state index contributed by atoms with van der Waals surface area (Å²) >= 11 is 0. The van der Waals surface area contributed by atoms with Crippen LogP contribution in [0, 0.1) is 5.41 Å². The number of amides is 1. The molecule has 1 aromatic rings. The molecule has 1 aliphatic rings. The maximum atomic E-state index is 12.6. The number of carbonyl (C=O) groups excluding carboxylic acids is 2. The van der Waals surface area contributed by atoms with Crippen LogP contribution in [0.2, 0.25) is 0 Å². The highest BCUT2D eigenvalue weighted by Gasteiger charge is 2.46. The van der Waals surface area contributed by atoms with Crippen molar-refractivity contribution in [1.82, 2.24) is 4.90 Å². The van der Waals surface area contributed by atoms with Gasteiger partial charge in [0.1, 0.15) is 0 Å². The molecule has 7 heteroatoms. The predicted molar refractivity (Wildman–Crippen MR) is 107 cm³/mol. The monoisotopic (exact) mass is 405 g/mol. The van der Waals surface area contributed by atoms with E-state index >= 15 is 0 Å². The molecule has 0 spiro atoms. The van der Waals surface area contributed by atoms with E-state index in [9.17, 15) is 19.5 Å². The summed E-state index contributed by atoms with van der Waals surface area (Å²) in [5.41, 5.74) is -0.519. The van der Waals surface area contributed by atoms with Gasteiger partial charge in [0.15, 0.2) is 5.41 Å². The Morgan fingerprint density at radius 3 is 2.38 bits per heavy atom. The standard InChI is InChI=1S/C22H31NO6/c1-2-29-21(27)22(20(25)26,12-6-10-18-8-4-3-5-9-18)13-7-11-19(24)23-14-16-28-17-15-23/h3-5,8-9H,2,6-7,10-17H2,1H3,(H,25,26). The van der Waals surface area contributed by atoms with Gasteiger partial charge >= 0.3 is 11.9 Å². The van der Waals surface area contributed by atoms with Crippen molar-refractivity contribution >= 4 is 17.8 Å². The number of aryl methyl sites for hydroxylation is 1. The van der Waals surface area contributed by atoms with Gasteiger partial charge in [0.05, 0.1) is 19.8 Å². The molecule has 160 valence electrons. The van der Waals surface area contributed by atoms with Gasteiger partial charge in [-0.2, -0.15) is 0 Å². The van der Waals surface area contributed by atoms with Crippen molar-refractivity contribution < 1.29 is 29.0 Å². The first kappa shape index (κ1) is 22.9. The molecule has 7 nitrogen and oxygen atoms in total. The van der Waals surface area contributed by atoms with Gasteiger partial charge < -0.3 is 19.5 Å². The molecular formula is C22H31NO6. The van der Waals surface area contributed by atoms with Crippen LogP contribution in [0.25, 0.3) is 0 Å². The average molecular weight is 405 g/mol. The Kier molecular flexibility index (Phi) is 9.12. The minimum Gasteiger partial charge on any atom is -0.480 e. The average Bonchev–Trinajstić information content (AvgIpc) is 2.73. The van der Waals surface area contributed by atoms with E-state index in [1.54, 1.807) is 11.8 Å². The Labute approximate surface area is 172 Å². The van der Waals surface area contributed by atoms with Crippen LogP contribution in [-0.2, 0) is 30.3 Å². The Hall–Kier alpha value is -2.41. The molecule has 1 amide bonds. The number of aliphatic carboxylic acids is 1. The van der Waals surface area contributed by atoms with Crippen molar-refractivity contribution in [2.75, 3.05) is 32.9 Å². The van der Waals surface area contributed by atoms with Crippen molar-refractivity contribution in [3.8, 4) is 0 Å². The molecule has 0 saturated carbocycles. The molecule has 29 heavy (non-hydrogen) atoms. The maximum absolute atomic E-state index is 12.6. The minimum absolute atomic E-state index is 0.0271. The van der Waals surface area contributed by atoms with Gasteiger partial charge in [-0.25, -0.2) is 0 Å². The fourth-order valence-corrected chi connectivity index (χ4v) is 3.65. The van der Waals surface area contributed by atoms with Crippen LogP contribution in [0.15, 0.2) is 30.3 Å². The number of esters is 1. The molecule has 1 aromatic carbocycles. The summed E-state index contributed by atoms with van der Waals surface area (Å²) in [7, 11) is 0. The first-order valence-corrected chi connectivity index (χ1v) is 10.3. The van der Waals surface area contributed by atoms with Crippen molar-refractivity contribution in [3.63, 3.8) is 0 Å². The zero-order valence-electron chi connectivity index (χ0n) is 17.1. The summed E-state index contributed by atoms with van der Waals surface area (Å²) in [4.78, 5) is 38.8. The summed E-state index contributed by atoms with van der Waals surface area (Å²) in [5, 5.41) is 9.92. The van der Waals surface area contributed by atoms with Crippen molar-refractivity contribution in [2.24, 2.45) is 5.41 Å². The highest BCUT2D eigenvalue weighted by molar-refractivity contribution is 5.99. The van der Waals surface area contributed by atoms with Crippen LogP contribution in [0.4, 0.5) is 0 Å². The SMILES string of the molecule is CCOC(=O)C(CCCC(=O)N1CCOCC1)(CCCc1ccccc1)C(=O)O. The summed E-state index contributed by atoms with van der Waals surface area (Å²) in [5.74, 6) is -1.91. The third kappa shape index (κ3) is 6.56. The number of hydrogen-bond donors (Lipinski definition) is 1. The quantitative estimate of drug-likeness (QED) is 0.449. The molecule has 1 fully saturated rings. The Morgan fingerprint density at radius 2 is 1.76 bits per heavy atom. The zero-order chi connectivity index (χ0) is 21.1. The largest absolute Gasteiger partial charge is 0.480 e. The molecule has 1 saturated heterocycles. The number of benzene rings is 1. The van der Waals surface area contributed by atoms with E-state index in [1.807, 2.05) is 30.3 Å². The Balaban J connectivity index is 1.99. The van der Waals surface area contributed by atoms with Crippen LogP contribution in [-0.4, -0.2) is 60.8 Å². The van der Waals surface area contributed by atoms with Crippen molar-refractivity contribution in [3.05, 3.63) is 35.9 Å². The van der Waals surface area contributed by atoms with Gasteiger partial charge in [-0.3, -0.25) is 14.4 Å². The number of ether oxygens (including phenoxy) is 2. The third-order valence-electron chi connectivity index (χ3n) is 5.35. The smallest absolute Gasteiger partial charge is 0.323 e. The van der Waals surface area contributed by atoms with Gasteiger partial charge in [-0.05, 0) is 44.6 Å². The molecule has 0 bridgehead atoms. The van der Waals surface area contributed by atoms with Crippen molar-refractivity contribution in [2.45, 2.75) is 45.4 Å². The number of rotatable bonds is 11. The lowest BCUT2D eigenvalue weighted by atomic mass is 9.77. The summed E-state index contributed by atoms with van der Waals surface area (Å²) in [6.07, 6.45) is 2.04. The number of carboxylic acids is 1. The van der Waals surface area contributed by atoms with E-state index in [4.69, 9.17) is 9.47 Å². The maximum Gasteiger partial charge on any atom is 0.323 e. The van der Waals surface area contributed by atoms with Gasteiger partial charge in [-0.15, -0.1) is 0 Å². The number of nitrogens with zero attached hydrogens (tertiary/aromatic N) is 1. The van der Waals surface area contributed by atoms with Gasteiger partial charge in [0, 0.05) is 19.5 Å². The summed E-state index contributed by atoms with van der Waals surface area (Å²) in [6.45, 7) is 3.94. The summed E-state index contributed by atoms with van der Waals surface area (Å²) in [6, 6.07) is 9.75. The van der Waals surface area contributed by atoms with Crippen LogP contribution in [0.1, 0.15) is 44.6 Å². The lowest BCUT2D eigenvalue weighted by Crippen LogP contribution is -2.42. The van der Waals surface area contributed by atoms with Gasteiger partial charge in [0.2, 0.25) is 5.91 Å². The van der Waals surface area contributed by atoms with Crippen LogP contribution in [0.3, 0.4) is 0 Å². The lowest BCUT2D eigenvalue weighted by molar-refractivity contribution is -0.170. The minimum atomic E-state index is -1.62. The van der Waals surface area contributed by atoms with E-state index in [0.717, 1.165) is 5.56 Å². The van der Waals surface area contributed by atoms with Crippen LogP contribution < -0.4 is 0 Å². The molecule has 1 unspecified atom stereocenters. The molecule has 0 radical (unpaired) electrons. The predicted octanol–water partition coefficient (Wildman–Crippen LogP) is 2.67. The second kappa shape index (κ2) is 11.6. The lowest BCUT2D eigenvalue weighted by Gasteiger charge is -2.29. The normalized spacial score (nSPS) is 16.1. The third-order valence-corrected chi connectivity index (χ3v) is 5.35. The first-order valence-electron chi connectivity index (χ1n) is 10.3. The number of hydrogen-bond acceptors (Lipinski definition) is 5. The van der Waals surface area contributed by atoms with E-state index < -0.39 is 17.4 Å². The molecular weight excluding hydrogens is 374 g/mol. The second-order valence-corrected chi connectivity index (χ2v) is 7.29. The van der Waals surface area contributed by atoms with Crippen LogP contribution in [0.5, 0.6) is 0 Å². The van der Waals surface area contributed by atoms with Gasteiger partial charge in [0.25, 0.3) is 0 Å². The van der Waals surface area contributed by atoms with E-state index in [2.05, 4.69) is 0 Å². The highest BCUT2D eigenvalue weighted by Crippen LogP contribution is 2.33. The molecule has 1 heterocycles. The summed E-state index contributed by atoms with van der Waals surface area (Å²) < 4.78 is 10.4. The molecule has 1 aliphatic heterocycles. The topological polar surface area (TPSA) is 93.1 Å². The van der Waals surface area contributed by atoms with E-state index in [-0.39, 0.29) is 31.8 Å². The highest BCUT2D eigenvalue weighted by atomic mass is 16.5. The molecule has 1 N–H and O–H groups in total. The second-order valence-electron chi connectivity index (χ2n) is 7.29. The zero-order valence-corrected chi connectivity index (χ0v) is 17.1. The first-order chi connectivity index (χ1) is 14.0. The van der Waals surface area contributed by atoms with E-state index in [0.29, 0.717) is 45.6 Å². The molecule has 2 rings (SSSR count). The van der Waals surface area contributed by atoms with Crippen molar-refractivity contribution in [1.29, 1.82) is 0 Å². The molecule has 0 aromatic heterocycles.